The van der Waals surface area contributed by atoms with E-state index < -0.39 is 0 Å². The number of rotatable bonds is 5. The smallest absolute Gasteiger partial charge is 0.227 e. The molecule has 0 aliphatic heterocycles. The van der Waals surface area contributed by atoms with Crippen molar-refractivity contribution in [2.24, 2.45) is 0 Å². The standard InChI is InChI=1S/C19H23NO2S/c1-20(19(21)12-15-7-5-11-23-15)13-14-6-3-9-17-16(14)8-4-10-18(17)22-2/h4-5,7-8,10-11,14H,3,6,9,12-13H2,1-2H3. The highest BCUT2D eigenvalue weighted by molar-refractivity contribution is 7.10. The maximum atomic E-state index is 12.4. The van der Waals surface area contributed by atoms with Gasteiger partial charge in [0.05, 0.1) is 13.5 Å². The Morgan fingerprint density at radius 3 is 2.96 bits per heavy atom. The van der Waals surface area contributed by atoms with E-state index in [0.717, 1.165) is 36.4 Å². The number of methoxy groups -OCH3 is 1. The zero-order chi connectivity index (χ0) is 16.2. The first-order chi connectivity index (χ1) is 11.2. The van der Waals surface area contributed by atoms with Crippen LogP contribution in [0.15, 0.2) is 35.7 Å². The summed E-state index contributed by atoms with van der Waals surface area (Å²) in [6.45, 7) is 0.782. The van der Waals surface area contributed by atoms with Crippen LogP contribution in [-0.4, -0.2) is 31.5 Å². The van der Waals surface area contributed by atoms with Crippen LogP contribution in [0, 0.1) is 0 Å². The minimum absolute atomic E-state index is 0.197. The highest BCUT2D eigenvalue weighted by Crippen LogP contribution is 2.36. The first-order valence-corrected chi connectivity index (χ1v) is 8.99. The van der Waals surface area contributed by atoms with E-state index in [0.29, 0.717) is 12.3 Å². The average molecular weight is 329 g/mol. The van der Waals surface area contributed by atoms with Crippen molar-refractivity contribution in [2.45, 2.75) is 31.6 Å². The SMILES string of the molecule is COc1cccc2c1CCCC2CN(C)C(=O)Cc1cccs1. The molecular formula is C19H23NO2S. The van der Waals surface area contributed by atoms with Gasteiger partial charge in [0.25, 0.3) is 0 Å². The summed E-state index contributed by atoms with van der Waals surface area (Å²) in [5.74, 6) is 1.59. The molecule has 0 radical (unpaired) electrons. The first kappa shape index (κ1) is 16.1. The minimum atomic E-state index is 0.197. The van der Waals surface area contributed by atoms with E-state index >= 15 is 0 Å². The number of likely N-dealkylation sites (N-methyl/N-ethyl adjacent to an activating group) is 1. The van der Waals surface area contributed by atoms with Gasteiger partial charge >= 0.3 is 0 Å². The molecule has 2 aromatic rings. The number of hydrogen-bond donors (Lipinski definition) is 0. The Hall–Kier alpha value is -1.81. The van der Waals surface area contributed by atoms with Crippen LogP contribution >= 0.6 is 11.3 Å². The minimum Gasteiger partial charge on any atom is -0.496 e. The molecule has 1 amide bonds. The molecule has 1 aliphatic carbocycles. The van der Waals surface area contributed by atoms with Crippen molar-refractivity contribution in [1.29, 1.82) is 0 Å². The maximum Gasteiger partial charge on any atom is 0.227 e. The second kappa shape index (κ2) is 7.18. The Bertz CT molecular complexity index is 666. The highest BCUT2D eigenvalue weighted by atomic mass is 32.1. The number of thiophene rings is 1. The Morgan fingerprint density at radius 1 is 1.35 bits per heavy atom. The monoisotopic (exact) mass is 329 g/mol. The van der Waals surface area contributed by atoms with Crippen molar-refractivity contribution in [1.82, 2.24) is 4.90 Å². The third-order valence-corrected chi connectivity index (χ3v) is 5.51. The molecule has 0 fully saturated rings. The average Bonchev–Trinajstić information content (AvgIpc) is 3.07. The molecule has 1 unspecified atom stereocenters. The van der Waals surface area contributed by atoms with E-state index in [9.17, 15) is 4.79 Å². The van der Waals surface area contributed by atoms with E-state index in [1.807, 2.05) is 35.5 Å². The zero-order valence-electron chi connectivity index (χ0n) is 13.7. The molecule has 1 aromatic heterocycles. The Balaban J connectivity index is 1.70. The van der Waals surface area contributed by atoms with Crippen LogP contribution in [0.2, 0.25) is 0 Å². The van der Waals surface area contributed by atoms with E-state index in [-0.39, 0.29) is 5.91 Å². The molecule has 4 heteroatoms. The van der Waals surface area contributed by atoms with Gasteiger partial charge in [0.15, 0.2) is 0 Å². The molecule has 23 heavy (non-hydrogen) atoms. The summed E-state index contributed by atoms with van der Waals surface area (Å²) in [6.07, 6.45) is 3.87. The molecule has 0 saturated carbocycles. The molecule has 1 heterocycles. The van der Waals surface area contributed by atoms with Gasteiger partial charge in [-0.2, -0.15) is 0 Å². The lowest BCUT2D eigenvalue weighted by Gasteiger charge is -2.30. The van der Waals surface area contributed by atoms with Crippen LogP contribution in [0.5, 0.6) is 5.75 Å². The van der Waals surface area contributed by atoms with Crippen LogP contribution in [0.3, 0.4) is 0 Å². The van der Waals surface area contributed by atoms with Gasteiger partial charge in [0.1, 0.15) is 5.75 Å². The Labute approximate surface area is 141 Å². The number of amides is 1. The molecular weight excluding hydrogens is 306 g/mol. The van der Waals surface area contributed by atoms with E-state index in [2.05, 4.69) is 12.1 Å². The molecule has 0 bridgehead atoms. The summed E-state index contributed by atoms with van der Waals surface area (Å²) < 4.78 is 5.50. The summed E-state index contributed by atoms with van der Waals surface area (Å²) in [7, 11) is 3.65. The van der Waals surface area contributed by atoms with Gasteiger partial charge in [-0.3, -0.25) is 4.79 Å². The first-order valence-electron chi connectivity index (χ1n) is 8.11. The predicted octanol–water partition coefficient (Wildman–Crippen LogP) is 3.88. The molecule has 1 atom stereocenters. The number of fused-ring (bicyclic) bond motifs is 1. The Morgan fingerprint density at radius 2 is 2.22 bits per heavy atom. The quantitative estimate of drug-likeness (QED) is 0.833. The number of nitrogens with zero attached hydrogens (tertiary/aromatic N) is 1. The number of carbonyl (C=O) groups is 1. The summed E-state index contributed by atoms with van der Waals surface area (Å²) in [6, 6.07) is 10.3. The van der Waals surface area contributed by atoms with Gasteiger partial charge in [-0.05, 0) is 47.9 Å². The lowest BCUT2D eigenvalue weighted by Crippen LogP contribution is -2.33. The Kier molecular flexibility index (Phi) is 5.01. The summed E-state index contributed by atoms with van der Waals surface area (Å²) in [5.41, 5.74) is 2.68. The molecule has 122 valence electrons. The molecule has 0 N–H and O–H groups in total. The van der Waals surface area contributed by atoms with Crippen molar-refractivity contribution in [3.05, 3.63) is 51.7 Å². The maximum absolute atomic E-state index is 12.4. The summed E-state index contributed by atoms with van der Waals surface area (Å²) in [4.78, 5) is 15.4. The van der Waals surface area contributed by atoms with Gasteiger partial charge in [-0.25, -0.2) is 0 Å². The van der Waals surface area contributed by atoms with Gasteiger partial charge in [-0.15, -0.1) is 11.3 Å². The third kappa shape index (κ3) is 3.58. The fraction of sp³-hybridized carbons (Fsp3) is 0.421. The lowest BCUT2D eigenvalue weighted by molar-refractivity contribution is -0.129. The van der Waals surface area contributed by atoms with Crippen LogP contribution in [-0.2, 0) is 17.6 Å². The van der Waals surface area contributed by atoms with Crippen molar-refractivity contribution >= 4 is 17.2 Å². The van der Waals surface area contributed by atoms with E-state index in [1.165, 1.54) is 11.1 Å². The van der Waals surface area contributed by atoms with Crippen molar-refractivity contribution in [3.8, 4) is 5.75 Å². The van der Waals surface area contributed by atoms with Gasteiger partial charge < -0.3 is 9.64 Å². The second-order valence-corrected chi connectivity index (χ2v) is 7.18. The second-order valence-electron chi connectivity index (χ2n) is 6.15. The largest absolute Gasteiger partial charge is 0.496 e. The van der Waals surface area contributed by atoms with Crippen molar-refractivity contribution in [2.75, 3.05) is 20.7 Å². The van der Waals surface area contributed by atoms with Crippen LogP contribution in [0.25, 0.3) is 0 Å². The number of hydrogen-bond acceptors (Lipinski definition) is 3. The van der Waals surface area contributed by atoms with Crippen LogP contribution in [0.1, 0.15) is 34.8 Å². The zero-order valence-corrected chi connectivity index (χ0v) is 14.6. The fourth-order valence-electron chi connectivity index (χ4n) is 3.42. The molecule has 0 spiro atoms. The molecule has 0 saturated heterocycles. The van der Waals surface area contributed by atoms with Gasteiger partial charge in [-0.1, -0.05) is 18.2 Å². The summed E-state index contributed by atoms with van der Waals surface area (Å²) >= 11 is 1.64. The van der Waals surface area contributed by atoms with E-state index in [1.54, 1.807) is 18.4 Å². The van der Waals surface area contributed by atoms with Crippen LogP contribution in [0.4, 0.5) is 0 Å². The number of carbonyl (C=O) groups excluding carboxylic acids is 1. The third-order valence-electron chi connectivity index (χ3n) is 4.63. The predicted molar refractivity (Wildman–Crippen MR) is 94.3 cm³/mol. The number of benzene rings is 1. The molecule has 1 aliphatic rings. The van der Waals surface area contributed by atoms with Crippen LogP contribution < -0.4 is 4.74 Å². The van der Waals surface area contributed by atoms with Crippen molar-refractivity contribution < 1.29 is 9.53 Å². The molecule has 3 rings (SSSR count). The molecule has 1 aromatic carbocycles. The fourth-order valence-corrected chi connectivity index (χ4v) is 4.12. The lowest BCUT2D eigenvalue weighted by atomic mass is 9.82. The number of ether oxygens (including phenoxy) is 1. The summed E-state index contributed by atoms with van der Waals surface area (Å²) in [5, 5.41) is 2.02. The normalized spacial score (nSPS) is 16.7. The molecule has 3 nitrogen and oxygen atoms in total. The van der Waals surface area contributed by atoms with E-state index in [4.69, 9.17) is 4.74 Å². The van der Waals surface area contributed by atoms with Gasteiger partial charge in [0.2, 0.25) is 5.91 Å². The highest BCUT2D eigenvalue weighted by Gasteiger charge is 2.25. The topological polar surface area (TPSA) is 29.5 Å². The van der Waals surface area contributed by atoms with Crippen molar-refractivity contribution in [3.63, 3.8) is 0 Å². The van der Waals surface area contributed by atoms with Gasteiger partial charge in [0, 0.05) is 24.4 Å².